The summed E-state index contributed by atoms with van der Waals surface area (Å²) >= 11 is 7.49. The fourth-order valence-electron chi connectivity index (χ4n) is 4.21. The van der Waals surface area contributed by atoms with Gasteiger partial charge in [-0.25, -0.2) is 0 Å². The lowest BCUT2D eigenvalue weighted by Crippen LogP contribution is -2.41. The van der Waals surface area contributed by atoms with Crippen molar-refractivity contribution in [3.63, 3.8) is 0 Å². The van der Waals surface area contributed by atoms with E-state index in [1.54, 1.807) is 40.6 Å². The highest BCUT2D eigenvalue weighted by Gasteiger charge is 2.51. The van der Waals surface area contributed by atoms with Gasteiger partial charge in [-0.3, -0.25) is 9.59 Å². The number of carbonyl (C=O) groups excluding carboxylic acids is 2. The Balaban J connectivity index is 1.56. The van der Waals surface area contributed by atoms with Crippen molar-refractivity contribution in [1.82, 2.24) is 0 Å². The average molecular weight is 448 g/mol. The van der Waals surface area contributed by atoms with E-state index in [4.69, 9.17) is 11.6 Å². The number of carbonyl (C=O) groups is 2. The molecule has 1 aliphatic heterocycles. The van der Waals surface area contributed by atoms with Gasteiger partial charge in [0, 0.05) is 10.6 Å². The molecule has 1 aliphatic rings. The van der Waals surface area contributed by atoms with Crippen LogP contribution in [0.2, 0.25) is 5.02 Å². The van der Waals surface area contributed by atoms with E-state index in [1.165, 1.54) is 11.3 Å². The predicted molar refractivity (Wildman–Crippen MR) is 124 cm³/mol. The Hall–Kier alpha value is -2.99. The molecule has 0 saturated carbocycles. The van der Waals surface area contributed by atoms with Crippen LogP contribution in [0, 0.1) is 0 Å². The van der Waals surface area contributed by atoms with Gasteiger partial charge in [0.1, 0.15) is 0 Å². The zero-order chi connectivity index (χ0) is 21.6. The van der Waals surface area contributed by atoms with Crippen LogP contribution in [0.5, 0.6) is 0 Å². The number of hydrogen-bond donors (Lipinski definition) is 1. The summed E-state index contributed by atoms with van der Waals surface area (Å²) in [6, 6.07) is 22.4. The molecule has 1 amide bonds. The van der Waals surface area contributed by atoms with Gasteiger partial charge in [-0.15, -0.1) is 11.3 Å². The Kier molecular flexibility index (Phi) is 4.89. The summed E-state index contributed by atoms with van der Waals surface area (Å²) in [5.41, 5.74) is -0.0496. The van der Waals surface area contributed by atoms with E-state index in [1.807, 2.05) is 42.5 Å². The molecule has 0 bridgehead atoms. The summed E-state index contributed by atoms with van der Waals surface area (Å²) < 4.78 is 0. The molecular formula is C25H18ClNO3S. The number of amides is 1. The number of Topliss-reactive ketones (excluding diaryl/α,β-unsaturated/α-hetero) is 1. The van der Waals surface area contributed by atoms with Crippen LogP contribution < -0.4 is 4.90 Å². The predicted octanol–water partition coefficient (Wildman–Crippen LogP) is 5.56. The van der Waals surface area contributed by atoms with Crippen molar-refractivity contribution in [2.75, 3.05) is 4.90 Å². The fraction of sp³-hybridized carbons (Fsp3) is 0.120. The summed E-state index contributed by atoms with van der Waals surface area (Å²) in [7, 11) is 0. The minimum Gasteiger partial charge on any atom is -0.375 e. The van der Waals surface area contributed by atoms with E-state index in [-0.39, 0.29) is 18.7 Å². The van der Waals surface area contributed by atoms with Crippen molar-refractivity contribution in [2.24, 2.45) is 0 Å². The lowest BCUT2D eigenvalue weighted by atomic mass is 9.89. The number of hydrogen-bond acceptors (Lipinski definition) is 4. The molecule has 0 radical (unpaired) electrons. The number of thiophene rings is 1. The zero-order valence-corrected chi connectivity index (χ0v) is 18.0. The molecule has 0 spiro atoms. The Morgan fingerprint density at radius 1 is 1.03 bits per heavy atom. The summed E-state index contributed by atoms with van der Waals surface area (Å²) in [5.74, 6) is -0.786. The maximum Gasteiger partial charge on any atom is 0.264 e. The highest BCUT2D eigenvalue weighted by atomic mass is 35.5. The van der Waals surface area contributed by atoms with E-state index in [2.05, 4.69) is 0 Å². The van der Waals surface area contributed by atoms with E-state index >= 15 is 0 Å². The summed E-state index contributed by atoms with van der Waals surface area (Å²) in [6.45, 7) is 0.282. The SMILES string of the molecule is O=C(CC1(O)C(=O)N(Cc2cccc3ccccc23)c2ccc(Cl)cc21)c1cccs1. The van der Waals surface area contributed by atoms with Crippen molar-refractivity contribution >= 4 is 51.1 Å². The van der Waals surface area contributed by atoms with Crippen molar-refractivity contribution in [3.05, 3.63) is 99.2 Å². The van der Waals surface area contributed by atoms with Gasteiger partial charge >= 0.3 is 0 Å². The van der Waals surface area contributed by atoms with E-state index in [0.717, 1.165) is 16.3 Å². The molecule has 1 N–H and O–H groups in total. The van der Waals surface area contributed by atoms with Crippen LogP contribution in [0.15, 0.2) is 78.2 Å². The molecule has 5 rings (SSSR count). The molecule has 6 heteroatoms. The number of nitrogens with zero attached hydrogens (tertiary/aromatic N) is 1. The number of fused-ring (bicyclic) bond motifs is 2. The molecule has 31 heavy (non-hydrogen) atoms. The molecule has 2 heterocycles. The van der Waals surface area contributed by atoms with E-state index in [0.29, 0.717) is 21.2 Å². The molecule has 154 valence electrons. The topological polar surface area (TPSA) is 57.6 Å². The van der Waals surface area contributed by atoms with Crippen molar-refractivity contribution in [1.29, 1.82) is 0 Å². The van der Waals surface area contributed by atoms with Crippen molar-refractivity contribution in [3.8, 4) is 0 Å². The van der Waals surface area contributed by atoms with Gasteiger partial charge < -0.3 is 10.0 Å². The van der Waals surface area contributed by atoms with Crippen LogP contribution in [-0.4, -0.2) is 16.8 Å². The number of anilines is 1. The molecule has 4 nitrogen and oxygen atoms in total. The lowest BCUT2D eigenvalue weighted by Gasteiger charge is -2.23. The molecule has 1 unspecified atom stereocenters. The fourth-order valence-corrected chi connectivity index (χ4v) is 5.04. The maximum absolute atomic E-state index is 13.5. The van der Waals surface area contributed by atoms with Gasteiger partial charge in [-0.05, 0) is 46.0 Å². The van der Waals surface area contributed by atoms with Gasteiger partial charge in [0.15, 0.2) is 11.4 Å². The van der Waals surface area contributed by atoms with Crippen LogP contribution in [0.25, 0.3) is 10.8 Å². The van der Waals surface area contributed by atoms with Gasteiger partial charge in [0.05, 0.1) is 23.5 Å². The normalized spacial score (nSPS) is 17.9. The van der Waals surface area contributed by atoms with Crippen molar-refractivity contribution in [2.45, 2.75) is 18.6 Å². The third-order valence-electron chi connectivity index (χ3n) is 5.71. The average Bonchev–Trinajstić information content (AvgIpc) is 3.37. The first kappa shape index (κ1) is 19.9. The first-order chi connectivity index (χ1) is 15.0. The minimum atomic E-state index is -1.95. The number of ketones is 1. The summed E-state index contributed by atoms with van der Waals surface area (Å²) in [5, 5.41) is 15.8. The molecule has 1 atom stereocenters. The Bertz CT molecular complexity index is 1310. The van der Waals surface area contributed by atoms with Crippen molar-refractivity contribution < 1.29 is 14.7 Å². The van der Waals surface area contributed by atoms with Gasteiger partial charge in [0.25, 0.3) is 5.91 Å². The number of rotatable bonds is 5. The van der Waals surface area contributed by atoms with Crippen LogP contribution in [0.4, 0.5) is 5.69 Å². The molecule has 3 aromatic carbocycles. The van der Waals surface area contributed by atoms with Crippen LogP contribution >= 0.6 is 22.9 Å². The zero-order valence-electron chi connectivity index (χ0n) is 16.4. The monoisotopic (exact) mass is 447 g/mol. The van der Waals surface area contributed by atoms with Gasteiger partial charge in [-0.2, -0.15) is 0 Å². The van der Waals surface area contributed by atoms with E-state index < -0.39 is 11.5 Å². The highest BCUT2D eigenvalue weighted by molar-refractivity contribution is 7.12. The smallest absolute Gasteiger partial charge is 0.264 e. The number of halogens is 1. The second-order valence-corrected chi connectivity index (χ2v) is 9.01. The first-order valence-electron chi connectivity index (χ1n) is 9.85. The highest BCUT2D eigenvalue weighted by Crippen LogP contribution is 2.45. The standard InChI is InChI=1S/C25H18ClNO3S/c26-18-10-11-21-20(13-18)25(30,14-22(28)23-9-4-12-31-23)24(29)27(21)15-17-7-3-6-16-5-1-2-8-19(16)17/h1-13,30H,14-15H2. The lowest BCUT2D eigenvalue weighted by molar-refractivity contribution is -0.136. The number of aliphatic hydroxyl groups is 1. The van der Waals surface area contributed by atoms with Gasteiger partial charge in [-0.1, -0.05) is 60.1 Å². The summed E-state index contributed by atoms with van der Waals surface area (Å²) in [4.78, 5) is 28.4. The van der Waals surface area contributed by atoms with E-state index in [9.17, 15) is 14.7 Å². The molecule has 1 aromatic heterocycles. The summed E-state index contributed by atoms with van der Waals surface area (Å²) in [6.07, 6.45) is -0.328. The molecule has 4 aromatic rings. The quantitative estimate of drug-likeness (QED) is 0.407. The maximum atomic E-state index is 13.5. The molecular weight excluding hydrogens is 430 g/mol. The van der Waals surface area contributed by atoms with Crippen LogP contribution in [-0.2, 0) is 16.9 Å². The van der Waals surface area contributed by atoms with Crippen LogP contribution in [0.3, 0.4) is 0 Å². The first-order valence-corrected chi connectivity index (χ1v) is 11.1. The van der Waals surface area contributed by atoms with Crippen LogP contribution in [0.1, 0.15) is 27.2 Å². The minimum absolute atomic E-state index is 0.274. The second-order valence-electron chi connectivity index (χ2n) is 7.63. The molecule has 0 saturated heterocycles. The Morgan fingerprint density at radius 3 is 2.65 bits per heavy atom. The Labute approximate surface area is 188 Å². The molecule has 0 aliphatic carbocycles. The largest absolute Gasteiger partial charge is 0.375 e. The second kappa shape index (κ2) is 7.61. The third-order valence-corrected chi connectivity index (χ3v) is 6.86. The number of benzene rings is 3. The molecule has 0 fully saturated rings. The third kappa shape index (κ3) is 3.35. The Morgan fingerprint density at radius 2 is 1.84 bits per heavy atom. The van der Waals surface area contributed by atoms with Gasteiger partial charge in [0.2, 0.25) is 0 Å².